The third-order valence-corrected chi connectivity index (χ3v) is 6.31. The SMILES string of the molecule is CCOCC1c2c(cnn2C)CCN1S(=O)(=O)c1cccc(C)c1. The molecule has 0 saturated carbocycles. The van der Waals surface area contributed by atoms with E-state index in [1.54, 1.807) is 27.2 Å². The van der Waals surface area contributed by atoms with Crippen molar-refractivity contribution in [3.8, 4) is 0 Å². The Morgan fingerprint density at radius 3 is 2.88 bits per heavy atom. The number of aryl methyl sites for hydroxylation is 2. The summed E-state index contributed by atoms with van der Waals surface area (Å²) < 4.78 is 35.3. The number of rotatable bonds is 5. The van der Waals surface area contributed by atoms with Gasteiger partial charge in [-0.25, -0.2) is 8.42 Å². The first kappa shape index (κ1) is 17.1. The van der Waals surface area contributed by atoms with Gasteiger partial charge in [0, 0.05) is 20.2 Å². The van der Waals surface area contributed by atoms with E-state index < -0.39 is 10.0 Å². The predicted octanol–water partition coefficient (Wildman–Crippen LogP) is 2.05. The molecule has 130 valence electrons. The molecule has 0 aliphatic carbocycles. The van der Waals surface area contributed by atoms with Gasteiger partial charge in [0.05, 0.1) is 29.4 Å². The second-order valence-electron chi connectivity index (χ2n) is 6.04. The van der Waals surface area contributed by atoms with Crippen LogP contribution in [0.5, 0.6) is 0 Å². The highest BCUT2D eigenvalue weighted by Crippen LogP contribution is 2.34. The van der Waals surface area contributed by atoms with Gasteiger partial charge in [0.15, 0.2) is 0 Å². The first-order chi connectivity index (χ1) is 11.4. The van der Waals surface area contributed by atoms with Crippen molar-refractivity contribution in [2.24, 2.45) is 7.05 Å². The van der Waals surface area contributed by atoms with Crippen LogP contribution in [0.1, 0.15) is 29.8 Å². The Morgan fingerprint density at radius 1 is 1.38 bits per heavy atom. The van der Waals surface area contributed by atoms with Crippen molar-refractivity contribution in [3.05, 3.63) is 47.3 Å². The molecule has 1 unspecified atom stereocenters. The number of aromatic nitrogens is 2. The standard InChI is InChI=1S/C17H23N3O3S/c1-4-23-12-16-17-14(11-18-19(17)3)8-9-20(16)24(21,22)15-7-5-6-13(2)10-15/h5-7,10-11,16H,4,8-9,12H2,1-3H3. The van der Waals surface area contributed by atoms with E-state index in [4.69, 9.17) is 4.74 Å². The van der Waals surface area contributed by atoms with Crippen molar-refractivity contribution in [2.45, 2.75) is 31.2 Å². The molecule has 0 bridgehead atoms. The van der Waals surface area contributed by atoms with Crippen LogP contribution in [-0.4, -0.2) is 42.3 Å². The lowest BCUT2D eigenvalue weighted by atomic mass is 10.0. The summed E-state index contributed by atoms with van der Waals surface area (Å²) in [5.41, 5.74) is 2.94. The van der Waals surface area contributed by atoms with Crippen LogP contribution in [0.2, 0.25) is 0 Å². The van der Waals surface area contributed by atoms with Crippen LogP contribution in [0.15, 0.2) is 35.4 Å². The Balaban J connectivity index is 2.04. The molecule has 1 aliphatic rings. The average molecular weight is 349 g/mol. The lowest BCUT2D eigenvalue weighted by Gasteiger charge is -2.35. The van der Waals surface area contributed by atoms with Crippen molar-refractivity contribution in [1.82, 2.24) is 14.1 Å². The molecule has 1 aliphatic heterocycles. The minimum absolute atomic E-state index is 0.327. The maximum absolute atomic E-state index is 13.2. The van der Waals surface area contributed by atoms with Gasteiger partial charge in [0.2, 0.25) is 10.0 Å². The molecule has 6 nitrogen and oxygen atoms in total. The fourth-order valence-corrected chi connectivity index (χ4v) is 4.91. The second kappa shape index (κ2) is 6.66. The predicted molar refractivity (Wildman–Crippen MR) is 91.2 cm³/mol. The van der Waals surface area contributed by atoms with E-state index in [-0.39, 0.29) is 6.04 Å². The van der Waals surface area contributed by atoms with Gasteiger partial charge in [0.25, 0.3) is 0 Å². The number of ether oxygens (including phenoxy) is 1. The zero-order valence-electron chi connectivity index (χ0n) is 14.3. The molecule has 1 atom stereocenters. The Morgan fingerprint density at radius 2 is 2.17 bits per heavy atom. The van der Waals surface area contributed by atoms with Crippen LogP contribution in [0.3, 0.4) is 0 Å². The summed E-state index contributed by atoms with van der Waals surface area (Å²) in [6, 6.07) is 6.68. The molecule has 24 heavy (non-hydrogen) atoms. The lowest BCUT2D eigenvalue weighted by Crippen LogP contribution is -2.42. The minimum Gasteiger partial charge on any atom is -0.380 e. The van der Waals surface area contributed by atoms with Crippen LogP contribution in [-0.2, 0) is 28.2 Å². The molecule has 0 N–H and O–H groups in total. The van der Waals surface area contributed by atoms with Crippen molar-refractivity contribution in [2.75, 3.05) is 19.8 Å². The summed E-state index contributed by atoms with van der Waals surface area (Å²) in [5.74, 6) is 0. The quantitative estimate of drug-likeness (QED) is 0.829. The fourth-order valence-electron chi connectivity index (χ4n) is 3.23. The van der Waals surface area contributed by atoms with Crippen molar-refractivity contribution >= 4 is 10.0 Å². The van der Waals surface area contributed by atoms with E-state index in [2.05, 4.69) is 5.10 Å². The number of benzene rings is 1. The topological polar surface area (TPSA) is 64.4 Å². The molecule has 1 aromatic carbocycles. The van der Waals surface area contributed by atoms with Crippen molar-refractivity contribution in [3.63, 3.8) is 0 Å². The first-order valence-corrected chi connectivity index (χ1v) is 9.56. The van der Waals surface area contributed by atoms with Gasteiger partial charge in [-0.2, -0.15) is 9.40 Å². The number of nitrogens with zero attached hydrogens (tertiary/aromatic N) is 3. The van der Waals surface area contributed by atoms with Crippen molar-refractivity contribution < 1.29 is 13.2 Å². The Bertz CT molecular complexity index is 829. The van der Waals surface area contributed by atoms with E-state index in [0.29, 0.717) is 31.1 Å². The first-order valence-electron chi connectivity index (χ1n) is 8.12. The largest absolute Gasteiger partial charge is 0.380 e. The summed E-state index contributed by atoms with van der Waals surface area (Å²) in [5, 5.41) is 4.30. The highest BCUT2D eigenvalue weighted by Gasteiger charge is 2.38. The molecule has 0 saturated heterocycles. The molecule has 0 spiro atoms. The van der Waals surface area contributed by atoms with Crippen LogP contribution in [0.4, 0.5) is 0 Å². The zero-order chi connectivity index (χ0) is 17.3. The molecule has 0 fully saturated rings. The third kappa shape index (κ3) is 2.99. The molecule has 2 aromatic rings. The molecule has 1 aromatic heterocycles. The smallest absolute Gasteiger partial charge is 0.243 e. The Kier molecular flexibility index (Phi) is 4.76. The normalized spacial score (nSPS) is 18.5. The van der Waals surface area contributed by atoms with Crippen molar-refractivity contribution in [1.29, 1.82) is 0 Å². The van der Waals surface area contributed by atoms with Gasteiger partial charge in [-0.05, 0) is 43.5 Å². The summed E-state index contributed by atoms with van der Waals surface area (Å²) >= 11 is 0. The van der Waals surface area contributed by atoms with Gasteiger partial charge >= 0.3 is 0 Å². The van der Waals surface area contributed by atoms with E-state index in [1.165, 1.54) is 0 Å². The molecule has 0 amide bonds. The summed E-state index contributed by atoms with van der Waals surface area (Å²) in [6.07, 6.45) is 2.49. The molecule has 3 rings (SSSR count). The molecule has 0 radical (unpaired) electrons. The van der Waals surface area contributed by atoms with E-state index in [9.17, 15) is 8.42 Å². The summed E-state index contributed by atoms with van der Waals surface area (Å²) in [7, 11) is -1.74. The van der Waals surface area contributed by atoms with Crippen LogP contribution in [0, 0.1) is 6.92 Å². The highest BCUT2D eigenvalue weighted by molar-refractivity contribution is 7.89. The number of sulfonamides is 1. The van der Waals surface area contributed by atoms with Gasteiger partial charge in [-0.3, -0.25) is 4.68 Å². The van der Waals surface area contributed by atoms with Crippen LogP contribution < -0.4 is 0 Å². The van der Waals surface area contributed by atoms with E-state index in [1.807, 2.05) is 33.2 Å². The molecular weight excluding hydrogens is 326 g/mol. The summed E-state index contributed by atoms with van der Waals surface area (Å²) in [6.45, 7) is 5.11. The lowest BCUT2D eigenvalue weighted by molar-refractivity contribution is 0.0905. The van der Waals surface area contributed by atoms with E-state index in [0.717, 1.165) is 16.8 Å². The fraction of sp³-hybridized carbons (Fsp3) is 0.471. The highest BCUT2D eigenvalue weighted by atomic mass is 32.2. The number of hydrogen-bond acceptors (Lipinski definition) is 4. The van der Waals surface area contributed by atoms with Crippen LogP contribution >= 0.6 is 0 Å². The van der Waals surface area contributed by atoms with Gasteiger partial charge < -0.3 is 4.74 Å². The molecular formula is C17H23N3O3S. The third-order valence-electron chi connectivity index (χ3n) is 4.41. The number of hydrogen-bond donors (Lipinski definition) is 0. The molecule has 2 heterocycles. The zero-order valence-corrected chi connectivity index (χ0v) is 15.1. The Hall–Kier alpha value is -1.70. The maximum atomic E-state index is 13.2. The van der Waals surface area contributed by atoms with E-state index >= 15 is 0 Å². The van der Waals surface area contributed by atoms with Gasteiger partial charge in [-0.1, -0.05) is 12.1 Å². The average Bonchev–Trinajstić information content (AvgIpc) is 2.94. The van der Waals surface area contributed by atoms with Gasteiger partial charge in [0.1, 0.15) is 0 Å². The maximum Gasteiger partial charge on any atom is 0.243 e. The Labute approximate surface area is 143 Å². The van der Waals surface area contributed by atoms with Crippen LogP contribution in [0.25, 0.3) is 0 Å². The minimum atomic E-state index is -3.59. The second-order valence-corrected chi connectivity index (χ2v) is 7.93. The summed E-state index contributed by atoms with van der Waals surface area (Å²) in [4.78, 5) is 0.328. The monoisotopic (exact) mass is 349 g/mol. The van der Waals surface area contributed by atoms with Gasteiger partial charge in [-0.15, -0.1) is 0 Å². The molecule has 7 heteroatoms. The number of fused-ring (bicyclic) bond motifs is 1.